The van der Waals surface area contributed by atoms with E-state index in [1.54, 1.807) is 17.8 Å². The van der Waals surface area contributed by atoms with Gasteiger partial charge in [-0.25, -0.2) is 0 Å². The second kappa shape index (κ2) is 8.58. The maximum Gasteiger partial charge on any atom is 0.276 e. The number of amides is 2. The predicted molar refractivity (Wildman–Crippen MR) is 100.0 cm³/mol. The zero-order valence-electron chi connectivity index (χ0n) is 14.8. The minimum absolute atomic E-state index is 0.172. The molecule has 0 unspecified atom stereocenters. The molecule has 2 amide bonds. The molecule has 0 aromatic heterocycles. The summed E-state index contributed by atoms with van der Waals surface area (Å²) >= 11 is 1.55. The van der Waals surface area contributed by atoms with Gasteiger partial charge in [0, 0.05) is 10.5 Å². The van der Waals surface area contributed by atoms with Crippen LogP contribution in [0, 0.1) is 20.8 Å². The molecule has 0 saturated carbocycles. The van der Waals surface area contributed by atoms with Crippen molar-refractivity contribution in [3.05, 3.63) is 58.7 Å². The quantitative estimate of drug-likeness (QED) is 0.636. The van der Waals surface area contributed by atoms with Crippen LogP contribution in [0.25, 0.3) is 0 Å². The fourth-order valence-corrected chi connectivity index (χ4v) is 2.65. The molecule has 0 heterocycles. The van der Waals surface area contributed by atoms with Crippen molar-refractivity contribution in [3.8, 4) is 5.75 Å². The Morgan fingerprint density at radius 1 is 1.00 bits per heavy atom. The molecule has 0 bridgehead atoms. The summed E-state index contributed by atoms with van der Waals surface area (Å²) in [6, 6.07) is 11.4. The van der Waals surface area contributed by atoms with E-state index in [0.29, 0.717) is 11.3 Å². The molecule has 6 heteroatoms. The standard InChI is InChI=1S/C19H22N2O3S/c1-12-5-6-14(3)17(9-12)24-11-18(22)20-21-19(23)16-10-15(25-4)8-7-13(16)2/h5-10H,11H2,1-4H3,(H,20,22)(H,21,23). The number of ether oxygens (including phenoxy) is 1. The fraction of sp³-hybridized carbons (Fsp3) is 0.263. The Labute approximate surface area is 152 Å². The first-order chi connectivity index (χ1) is 11.9. The van der Waals surface area contributed by atoms with Gasteiger partial charge >= 0.3 is 0 Å². The van der Waals surface area contributed by atoms with Gasteiger partial charge in [0.05, 0.1) is 0 Å². The van der Waals surface area contributed by atoms with E-state index < -0.39 is 5.91 Å². The fourth-order valence-electron chi connectivity index (χ4n) is 2.21. The first-order valence-electron chi connectivity index (χ1n) is 7.84. The van der Waals surface area contributed by atoms with Crippen LogP contribution in [0.1, 0.15) is 27.0 Å². The largest absolute Gasteiger partial charge is 0.483 e. The van der Waals surface area contributed by atoms with Crippen LogP contribution in [0.5, 0.6) is 5.75 Å². The van der Waals surface area contributed by atoms with Crippen molar-refractivity contribution < 1.29 is 14.3 Å². The second-order valence-electron chi connectivity index (χ2n) is 5.74. The van der Waals surface area contributed by atoms with E-state index in [2.05, 4.69) is 10.9 Å². The third-order valence-corrected chi connectivity index (χ3v) is 4.43. The van der Waals surface area contributed by atoms with Crippen LogP contribution in [0.3, 0.4) is 0 Å². The number of carbonyl (C=O) groups excluding carboxylic acids is 2. The number of aryl methyl sites for hydroxylation is 3. The minimum atomic E-state index is -0.423. The van der Waals surface area contributed by atoms with Gasteiger partial charge in [0.2, 0.25) is 0 Å². The molecule has 2 aromatic rings. The molecule has 0 aliphatic carbocycles. The highest BCUT2D eigenvalue weighted by Gasteiger charge is 2.11. The van der Waals surface area contributed by atoms with Gasteiger partial charge in [0.25, 0.3) is 11.8 Å². The molecule has 0 aliphatic heterocycles. The molecule has 132 valence electrons. The van der Waals surface area contributed by atoms with Crippen molar-refractivity contribution in [2.75, 3.05) is 12.9 Å². The topological polar surface area (TPSA) is 67.4 Å². The average molecular weight is 358 g/mol. The summed E-state index contributed by atoms with van der Waals surface area (Å²) in [5.74, 6) is -0.119. The van der Waals surface area contributed by atoms with Crippen molar-refractivity contribution in [2.45, 2.75) is 25.7 Å². The summed E-state index contributed by atoms with van der Waals surface area (Å²) in [5, 5.41) is 0. The predicted octanol–water partition coefficient (Wildman–Crippen LogP) is 3.17. The lowest BCUT2D eigenvalue weighted by atomic mass is 10.1. The molecule has 2 aromatic carbocycles. The van der Waals surface area contributed by atoms with Gasteiger partial charge in [-0.2, -0.15) is 0 Å². The highest BCUT2D eigenvalue weighted by atomic mass is 32.2. The maximum absolute atomic E-state index is 12.2. The monoisotopic (exact) mass is 358 g/mol. The Morgan fingerprint density at radius 2 is 1.72 bits per heavy atom. The molecule has 0 fully saturated rings. The zero-order valence-corrected chi connectivity index (χ0v) is 15.6. The summed E-state index contributed by atoms with van der Waals surface area (Å²) in [5.41, 5.74) is 8.18. The second-order valence-corrected chi connectivity index (χ2v) is 6.62. The number of benzene rings is 2. The smallest absolute Gasteiger partial charge is 0.276 e. The maximum atomic E-state index is 12.2. The normalized spacial score (nSPS) is 10.2. The van der Waals surface area contributed by atoms with Crippen LogP contribution in [-0.4, -0.2) is 24.7 Å². The van der Waals surface area contributed by atoms with E-state index >= 15 is 0 Å². The summed E-state index contributed by atoms with van der Waals surface area (Å²) in [6.45, 7) is 5.55. The zero-order chi connectivity index (χ0) is 18.4. The molecule has 0 spiro atoms. The molecule has 2 N–H and O–H groups in total. The van der Waals surface area contributed by atoms with E-state index in [9.17, 15) is 9.59 Å². The van der Waals surface area contributed by atoms with Gasteiger partial charge in [-0.3, -0.25) is 20.4 Å². The average Bonchev–Trinajstić information content (AvgIpc) is 2.60. The Morgan fingerprint density at radius 3 is 2.44 bits per heavy atom. The van der Waals surface area contributed by atoms with Gasteiger partial charge in [-0.05, 0) is 61.9 Å². The van der Waals surface area contributed by atoms with Gasteiger partial charge in [0.1, 0.15) is 5.75 Å². The van der Waals surface area contributed by atoms with E-state index in [1.807, 2.05) is 57.4 Å². The SMILES string of the molecule is CSc1ccc(C)c(C(=O)NNC(=O)COc2cc(C)ccc2C)c1. The number of carbonyl (C=O) groups is 2. The van der Waals surface area contributed by atoms with E-state index in [0.717, 1.165) is 21.6 Å². The lowest BCUT2D eigenvalue weighted by Gasteiger charge is -2.12. The molecule has 0 atom stereocenters. The highest BCUT2D eigenvalue weighted by molar-refractivity contribution is 7.98. The summed E-state index contributed by atoms with van der Waals surface area (Å²) < 4.78 is 5.51. The molecular weight excluding hydrogens is 336 g/mol. The molecular formula is C19H22N2O3S. The van der Waals surface area contributed by atoms with E-state index in [4.69, 9.17) is 4.74 Å². The van der Waals surface area contributed by atoms with Crippen molar-refractivity contribution in [1.82, 2.24) is 10.9 Å². The molecule has 5 nitrogen and oxygen atoms in total. The minimum Gasteiger partial charge on any atom is -0.483 e. The number of hydrazine groups is 1. The van der Waals surface area contributed by atoms with Crippen LogP contribution in [0.15, 0.2) is 41.3 Å². The van der Waals surface area contributed by atoms with Crippen molar-refractivity contribution >= 4 is 23.6 Å². The number of thioether (sulfide) groups is 1. The third kappa shape index (κ3) is 5.26. The van der Waals surface area contributed by atoms with Crippen LogP contribution < -0.4 is 15.6 Å². The van der Waals surface area contributed by atoms with Crippen molar-refractivity contribution in [3.63, 3.8) is 0 Å². The lowest BCUT2D eigenvalue weighted by Crippen LogP contribution is -2.44. The van der Waals surface area contributed by atoms with Gasteiger partial charge in [-0.1, -0.05) is 18.2 Å². The number of nitrogens with one attached hydrogen (secondary N) is 2. The number of rotatable bonds is 5. The number of hydrogen-bond donors (Lipinski definition) is 2. The summed E-state index contributed by atoms with van der Waals surface area (Å²) in [6.07, 6.45) is 1.94. The first-order valence-corrected chi connectivity index (χ1v) is 9.07. The van der Waals surface area contributed by atoms with E-state index in [-0.39, 0.29) is 12.5 Å². The first kappa shape index (κ1) is 18.9. The molecule has 25 heavy (non-hydrogen) atoms. The van der Waals surface area contributed by atoms with Gasteiger partial charge in [0.15, 0.2) is 6.61 Å². The summed E-state index contributed by atoms with van der Waals surface area (Å²) in [4.78, 5) is 25.1. The Hall–Kier alpha value is -2.47. The van der Waals surface area contributed by atoms with Gasteiger partial charge < -0.3 is 4.74 Å². The van der Waals surface area contributed by atoms with Crippen LogP contribution >= 0.6 is 11.8 Å². The van der Waals surface area contributed by atoms with E-state index in [1.165, 1.54) is 0 Å². The molecule has 2 rings (SSSR count). The molecule has 0 radical (unpaired) electrons. The number of hydrogen-bond acceptors (Lipinski definition) is 4. The third-order valence-electron chi connectivity index (χ3n) is 3.71. The molecule has 0 saturated heterocycles. The lowest BCUT2D eigenvalue weighted by molar-refractivity contribution is -0.123. The van der Waals surface area contributed by atoms with Crippen LogP contribution in [-0.2, 0) is 4.79 Å². The summed E-state index contributed by atoms with van der Waals surface area (Å²) in [7, 11) is 0. The van der Waals surface area contributed by atoms with Crippen LogP contribution in [0.2, 0.25) is 0 Å². The van der Waals surface area contributed by atoms with Crippen molar-refractivity contribution in [2.24, 2.45) is 0 Å². The van der Waals surface area contributed by atoms with Crippen molar-refractivity contribution in [1.29, 1.82) is 0 Å². The van der Waals surface area contributed by atoms with Crippen LogP contribution in [0.4, 0.5) is 0 Å². The highest BCUT2D eigenvalue weighted by Crippen LogP contribution is 2.19. The van der Waals surface area contributed by atoms with Gasteiger partial charge in [-0.15, -0.1) is 11.8 Å². The Kier molecular flexibility index (Phi) is 6.47. The Bertz CT molecular complexity index is 790. The molecule has 0 aliphatic rings. The Balaban J connectivity index is 1.89.